The van der Waals surface area contributed by atoms with Crippen molar-refractivity contribution in [2.75, 3.05) is 20.2 Å². The fraction of sp³-hybridized carbons (Fsp3) is 0.273. The number of aromatic nitrogens is 1. The van der Waals surface area contributed by atoms with E-state index in [2.05, 4.69) is 4.98 Å². The van der Waals surface area contributed by atoms with E-state index in [0.29, 0.717) is 17.5 Å². The molecular weight excluding hydrogens is 340 g/mol. The summed E-state index contributed by atoms with van der Waals surface area (Å²) in [6, 6.07) is 15.3. The maximum absolute atomic E-state index is 12.9. The van der Waals surface area contributed by atoms with Gasteiger partial charge in [0.1, 0.15) is 0 Å². The molecule has 0 bridgehead atoms. The summed E-state index contributed by atoms with van der Waals surface area (Å²) in [7, 11) is 1.70. The fourth-order valence-corrected chi connectivity index (χ4v) is 3.69. The van der Waals surface area contributed by atoms with E-state index in [1.165, 1.54) is 0 Å². The number of carbonyl (C=O) groups excluding carboxylic acids is 1. The molecule has 138 valence electrons. The first kappa shape index (κ1) is 17.5. The molecule has 1 saturated heterocycles. The van der Waals surface area contributed by atoms with Crippen LogP contribution >= 0.6 is 0 Å². The number of fused-ring (bicyclic) bond motifs is 1. The molecule has 1 aliphatic rings. The summed E-state index contributed by atoms with van der Waals surface area (Å²) in [6.45, 7) is 1.39. The number of ether oxygens (including phenoxy) is 1. The Kier molecular flexibility index (Phi) is 4.77. The normalized spacial score (nSPS) is 17.2. The number of likely N-dealkylation sites (tertiary alicyclic amines) is 1. The summed E-state index contributed by atoms with van der Waals surface area (Å²) in [5.74, 6) is 0.0252. The number of amides is 1. The summed E-state index contributed by atoms with van der Waals surface area (Å²) in [5.41, 5.74) is 2.39. The quantitative estimate of drug-likeness (QED) is 0.776. The number of piperidine rings is 1. The number of methoxy groups -OCH3 is 1. The summed E-state index contributed by atoms with van der Waals surface area (Å²) in [5, 5.41) is 1.54. The van der Waals surface area contributed by atoms with E-state index in [4.69, 9.17) is 4.74 Å². The van der Waals surface area contributed by atoms with Crippen molar-refractivity contribution in [3.05, 3.63) is 70.6 Å². The molecule has 0 aliphatic carbocycles. The fourth-order valence-electron chi connectivity index (χ4n) is 3.69. The van der Waals surface area contributed by atoms with Gasteiger partial charge in [-0.15, -0.1) is 0 Å². The molecule has 0 saturated carbocycles. The summed E-state index contributed by atoms with van der Waals surface area (Å²) < 4.78 is 5.43. The predicted octanol–water partition coefficient (Wildman–Crippen LogP) is 3.45. The number of nitrogens with one attached hydrogen (secondary N) is 1. The third-order valence-electron chi connectivity index (χ3n) is 5.22. The molecule has 27 heavy (non-hydrogen) atoms. The first-order valence-electron chi connectivity index (χ1n) is 9.19. The Balaban J connectivity index is 1.65. The number of hydrogen-bond acceptors (Lipinski definition) is 3. The Labute approximate surface area is 157 Å². The van der Waals surface area contributed by atoms with Gasteiger partial charge in [-0.1, -0.05) is 24.3 Å². The van der Waals surface area contributed by atoms with Crippen molar-refractivity contribution in [1.29, 1.82) is 0 Å². The molecule has 1 aliphatic heterocycles. The zero-order valence-corrected chi connectivity index (χ0v) is 15.3. The minimum absolute atomic E-state index is 0.0252. The second-order valence-corrected chi connectivity index (χ2v) is 6.94. The maximum atomic E-state index is 12.9. The van der Waals surface area contributed by atoms with Gasteiger partial charge in [-0.3, -0.25) is 9.59 Å². The van der Waals surface area contributed by atoms with Crippen LogP contribution in [0.5, 0.6) is 0 Å². The molecule has 4 rings (SSSR count). The first-order valence-corrected chi connectivity index (χ1v) is 9.19. The van der Waals surface area contributed by atoms with Crippen LogP contribution in [0, 0.1) is 0 Å². The molecule has 1 atom stereocenters. The minimum Gasteiger partial charge on any atom is -0.380 e. The Morgan fingerprint density at radius 2 is 2.00 bits per heavy atom. The van der Waals surface area contributed by atoms with Crippen molar-refractivity contribution < 1.29 is 9.53 Å². The second-order valence-electron chi connectivity index (χ2n) is 6.94. The van der Waals surface area contributed by atoms with Gasteiger partial charge in [-0.25, -0.2) is 0 Å². The van der Waals surface area contributed by atoms with E-state index in [-0.39, 0.29) is 17.6 Å². The van der Waals surface area contributed by atoms with Crippen LogP contribution in [-0.2, 0) is 4.74 Å². The van der Waals surface area contributed by atoms with Gasteiger partial charge < -0.3 is 14.6 Å². The first-order chi connectivity index (χ1) is 13.2. The van der Waals surface area contributed by atoms with Gasteiger partial charge in [-0.05, 0) is 53.6 Å². The highest BCUT2D eigenvalue weighted by Gasteiger charge is 2.24. The van der Waals surface area contributed by atoms with E-state index in [9.17, 15) is 9.59 Å². The lowest BCUT2D eigenvalue weighted by Crippen LogP contribution is -2.42. The lowest BCUT2D eigenvalue weighted by molar-refractivity contribution is 0.0269. The van der Waals surface area contributed by atoms with Crippen LogP contribution in [0.25, 0.3) is 21.9 Å². The lowest BCUT2D eigenvalue weighted by atomic mass is 9.99. The minimum atomic E-state index is -0.111. The van der Waals surface area contributed by atoms with E-state index in [1.54, 1.807) is 13.3 Å². The molecule has 2 heterocycles. The molecule has 1 N–H and O–H groups in total. The van der Waals surface area contributed by atoms with Crippen LogP contribution < -0.4 is 5.56 Å². The van der Waals surface area contributed by atoms with Crippen molar-refractivity contribution in [1.82, 2.24) is 9.88 Å². The van der Waals surface area contributed by atoms with Gasteiger partial charge in [0.25, 0.3) is 11.5 Å². The van der Waals surface area contributed by atoms with Crippen molar-refractivity contribution >= 4 is 16.7 Å². The number of aromatic amines is 1. The highest BCUT2D eigenvalue weighted by atomic mass is 16.5. The zero-order valence-electron chi connectivity index (χ0n) is 15.3. The molecule has 3 aromatic rings. The number of pyridine rings is 1. The van der Waals surface area contributed by atoms with Crippen molar-refractivity contribution in [2.45, 2.75) is 18.9 Å². The molecule has 0 spiro atoms. The molecule has 5 heteroatoms. The molecule has 1 fully saturated rings. The lowest BCUT2D eigenvalue weighted by Gasteiger charge is -2.32. The van der Waals surface area contributed by atoms with Crippen LogP contribution in [-0.4, -0.2) is 42.1 Å². The van der Waals surface area contributed by atoms with Crippen LogP contribution in [0.4, 0.5) is 0 Å². The van der Waals surface area contributed by atoms with Gasteiger partial charge in [0.15, 0.2) is 0 Å². The van der Waals surface area contributed by atoms with E-state index in [0.717, 1.165) is 35.9 Å². The van der Waals surface area contributed by atoms with Crippen LogP contribution in [0.2, 0.25) is 0 Å². The summed E-state index contributed by atoms with van der Waals surface area (Å²) in [6.07, 6.45) is 3.71. The van der Waals surface area contributed by atoms with E-state index in [1.807, 2.05) is 53.4 Å². The van der Waals surface area contributed by atoms with E-state index < -0.39 is 0 Å². The monoisotopic (exact) mass is 362 g/mol. The van der Waals surface area contributed by atoms with Crippen LogP contribution in [0.1, 0.15) is 23.2 Å². The largest absolute Gasteiger partial charge is 0.380 e. The second kappa shape index (κ2) is 7.37. The Bertz CT molecular complexity index is 1040. The number of benzene rings is 2. The average molecular weight is 362 g/mol. The van der Waals surface area contributed by atoms with E-state index >= 15 is 0 Å². The van der Waals surface area contributed by atoms with Gasteiger partial charge in [-0.2, -0.15) is 0 Å². The van der Waals surface area contributed by atoms with Crippen LogP contribution in [0.15, 0.2) is 59.5 Å². The average Bonchev–Trinajstić information content (AvgIpc) is 2.73. The van der Waals surface area contributed by atoms with Gasteiger partial charge in [0.2, 0.25) is 0 Å². The molecule has 1 aromatic heterocycles. The highest BCUT2D eigenvalue weighted by Crippen LogP contribution is 2.25. The summed E-state index contributed by atoms with van der Waals surface area (Å²) >= 11 is 0. The Hall–Kier alpha value is -2.92. The smallest absolute Gasteiger partial charge is 0.255 e. The SMILES string of the molecule is CO[C@H]1CCCN(C(=O)c2cccc(-c3ccc4cc[nH]c(=O)c4c3)c2)C1. The van der Waals surface area contributed by atoms with Crippen molar-refractivity contribution in [3.8, 4) is 11.1 Å². The molecule has 0 unspecified atom stereocenters. The number of H-pyrrole nitrogens is 1. The Morgan fingerprint density at radius 3 is 2.85 bits per heavy atom. The Morgan fingerprint density at radius 1 is 1.15 bits per heavy atom. The standard InChI is InChI=1S/C22H22N2O3/c1-27-19-6-3-11-24(14-19)22(26)18-5-2-4-16(12-18)17-8-7-15-9-10-23-21(25)20(15)13-17/h2,4-5,7-10,12-13,19H,3,6,11,14H2,1H3,(H,23,25)/t19-/m0/s1. The number of hydrogen-bond donors (Lipinski definition) is 1. The molecule has 2 aromatic carbocycles. The molecule has 5 nitrogen and oxygen atoms in total. The van der Waals surface area contributed by atoms with Gasteiger partial charge in [0.05, 0.1) is 6.10 Å². The number of carbonyl (C=O) groups is 1. The maximum Gasteiger partial charge on any atom is 0.255 e. The third kappa shape index (κ3) is 3.51. The zero-order chi connectivity index (χ0) is 18.8. The van der Waals surface area contributed by atoms with Gasteiger partial charge >= 0.3 is 0 Å². The van der Waals surface area contributed by atoms with Gasteiger partial charge in [0, 0.05) is 37.3 Å². The topological polar surface area (TPSA) is 62.4 Å². The van der Waals surface area contributed by atoms with Crippen LogP contribution in [0.3, 0.4) is 0 Å². The number of rotatable bonds is 3. The molecule has 1 amide bonds. The number of nitrogens with zero attached hydrogens (tertiary/aromatic N) is 1. The third-order valence-corrected chi connectivity index (χ3v) is 5.22. The molecule has 0 radical (unpaired) electrons. The highest BCUT2D eigenvalue weighted by molar-refractivity contribution is 5.96. The summed E-state index contributed by atoms with van der Waals surface area (Å²) in [4.78, 5) is 29.6. The molecular formula is C22H22N2O3. The van der Waals surface area contributed by atoms with Crippen molar-refractivity contribution in [3.63, 3.8) is 0 Å². The predicted molar refractivity (Wildman–Crippen MR) is 106 cm³/mol. The van der Waals surface area contributed by atoms with Crippen molar-refractivity contribution in [2.24, 2.45) is 0 Å².